The minimum absolute atomic E-state index is 0.211. The second-order valence-corrected chi connectivity index (χ2v) is 12.8. The molecule has 4 atom stereocenters. The lowest BCUT2D eigenvalue weighted by atomic mass is 10.0. The Labute approximate surface area is 293 Å². The fourth-order valence-corrected chi connectivity index (χ4v) is 5.65. The standard InChI is InChI=1S/C36H50N6O8/c1-22-19-42(23(2)21-43)34(44)30-18-28(37-35(45)39-33-25(4)40-50-26(33)5)13-16-31(30)49-24(3)10-8-9-17-48-32(22)20-41(6)36(46)38-27-11-14-29(47-7)15-12-27/h11-16,18,22-24,32,43H,8-10,17,19-21H2,1-7H3,(H,38,46)(H2,37,39,45)/t22-,23-,24-,32-/m0/s1. The van der Waals surface area contributed by atoms with Crippen LogP contribution in [0, 0.1) is 19.8 Å². The van der Waals surface area contributed by atoms with Gasteiger partial charge in [0.25, 0.3) is 5.91 Å². The molecule has 4 rings (SSSR count). The van der Waals surface area contributed by atoms with Gasteiger partial charge in [0.1, 0.15) is 22.9 Å². The first-order valence-electron chi connectivity index (χ1n) is 16.9. The zero-order chi connectivity index (χ0) is 36.4. The van der Waals surface area contributed by atoms with Crippen molar-refractivity contribution in [1.29, 1.82) is 0 Å². The number of rotatable bonds is 8. The van der Waals surface area contributed by atoms with E-state index in [0.717, 1.165) is 19.3 Å². The molecule has 2 aromatic carbocycles. The number of nitrogens with zero attached hydrogens (tertiary/aromatic N) is 3. The van der Waals surface area contributed by atoms with Crippen LogP contribution < -0.4 is 25.4 Å². The highest BCUT2D eigenvalue weighted by Gasteiger charge is 2.31. The second kappa shape index (κ2) is 17.7. The number of nitrogens with one attached hydrogen (secondary N) is 3. The van der Waals surface area contributed by atoms with Gasteiger partial charge in [-0.1, -0.05) is 12.1 Å². The SMILES string of the molecule is COc1ccc(NC(=O)N(C)C[C@@H]2OCCCC[C@H](C)Oc3ccc(NC(=O)Nc4c(C)noc4C)cc3C(=O)N([C@@H](C)CO)C[C@@H]2C)cc1. The van der Waals surface area contributed by atoms with Crippen molar-refractivity contribution in [1.82, 2.24) is 15.0 Å². The van der Waals surface area contributed by atoms with Crippen molar-refractivity contribution in [3.63, 3.8) is 0 Å². The molecule has 14 nitrogen and oxygen atoms in total. The molecule has 0 unspecified atom stereocenters. The predicted molar refractivity (Wildman–Crippen MR) is 190 cm³/mol. The Hall–Kier alpha value is -4.82. The lowest BCUT2D eigenvalue weighted by Crippen LogP contribution is -2.48. The number of amides is 5. The second-order valence-electron chi connectivity index (χ2n) is 12.8. The first-order chi connectivity index (χ1) is 23.9. The Balaban J connectivity index is 1.57. The van der Waals surface area contributed by atoms with Crippen molar-refractivity contribution in [3.05, 3.63) is 59.5 Å². The summed E-state index contributed by atoms with van der Waals surface area (Å²) in [7, 11) is 3.28. The van der Waals surface area contributed by atoms with Crippen LogP contribution >= 0.6 is 0 Å². The third-order valence-corrected chi connectivity index (χ3v) is 8.72. The number of carbonyl (C=O) groups is 3. The molecule has 0 bridgehead atoms. The van der Waals surface area contributed by atoms with Gasteiger partial charge in [0.2, 0.25) is 0 Å². The highest BCUT2D eigenvalue weighted by Crippen LogP contribution is 2.29. The first kappa shape index (κ1) is 38.0. The number of hydrogen-bond donors (Lipinski definition) is 4. The lowest BCUT2D eigenvalue weighted by Gasteiger charge is -2.35. The van der Waals surface area contributed by atoms with Gasteiger partial charge in [-0.15, -0.1) is 0 Å². The number of ether oxygens (including phenoxy) is 3. The molecule has 272 valence electrons. The average molecular weight is 695 g/mol. The average Bonchev–Trinajstić information content (AvgIpc) is 3.41. The van der Waals surface area contributed by atoms with Gasteiger partial charge >= 0.3 is 12.1 Å². The molecule has 1 aliphatic heterocycles. The molecule has 4 N–H and O–H groups in total. The van der Waals surface area contributed by atoms with Crippen LogP contribution in [0.1, 0.15) is 61.8 Å². The number of likely N-dealkylation sites (N-methyl/N-ethyl adjacent to an activating group) is 1. The highest BCUT2D eigenvalue weighted by atomic mass is 16.5. The van der Waals surface area contributed by atoms with Crippen molar-refractivity contribution in [2.75, 3.05) is 56.4 Å². The summed E-state index contributed by atoms with van der Waals surface area (Å²) in [5.41, 5.74) is 2.24. The maximum absolute atomic E-state index is 14.4. The first-order valence-corrected chi connectivity index (χ1v) is 16.9. The molecule has 2 heterocycles. The monoisotopic (exact) mass is 694 g/mol. The number of benzene rings is 2. The Morgan fingerprint density at radius 1 is 1.08 bits per heavy atom. The maximum Gasteiger partial charge on any atom is 0.323 e. The van der Waals surface area contributed by atoms with Crippen molar-refractivity contribution in [3.8, 4) is 11.5 Å². The van der Waals surface area contributed by atoms with Crippen molar-refractivity contribution in [2.24, 2.45) is 5.92 Å². The van der Waals surface area contributed by atoms with E-state index in [9.17, 15) is 19.5 Å². The number of methoxy groups -OCH3 is 1. The van der Waals surface area contributed by atoms with Gasteiger partial charge in [0.15, 0.2) is 5.76 Å². The summed E-state index contributed by atoms with van der Waals surface area (Å²) in [6.07, 6.45) is 1.70. The van der Waals surface area contributed by atoms with Gasteiger partial charge in [-0.05, 0) is 89.4 Å². The summed E-state index contributed by atoms with van der Waals surface area (Å²) in [4.78, 5) is 43.6. The molecule has 0 radical (unpaired) electrons. The van der Waals surface area contributed by atoms with Gasteiger partial charge in [-0.25, -0.2) is 9.59 Å². The van der Waals surface area contributed by atoms with Crippen LogP contribution in [-0.4, -0.2) is 96.7 Å². The number of aliphatic hydroxyl groups is 1. The quantitative estimate of drug-likeness (QED) is 0.224. The van der Waals surface area contributed by atoms with Crippen molar-refractivity contribution < 1.29 is 38.2 Å². The normalized spacial score (nSPS) is 19.3. The molecule has 0 aliphatic carbocycles. The fraction of sp³-hybridized carbons (Fsp3) is 0.500. The van der Waals surface area contributed by atoms with E-state index in [2.05, 4.69) is 21.1 Å². The fourth-order valence-electron chi connectivity index (χ4n) is 5.65. The summed E-state index contributed by atoms with van der Waals surface area (Å²) in [6.45, 7) is 9.77. The molecular weight excluding hydrogens is 644 g/mol. The van der Waals surface area contributed by atoms with E-state index in [4.69, 9.17) is 18.7 Å². The molecule has 0 spiro atoms. The smallest absolute Gasteiger partial charge is 0.323 e. The van der Waals surface area contributed by atoms with Crippen LogP contribution in [0.5, 0.6) is 11.5 Å². The van der Waals surface area contributed by atoms with Crippen LogP contribution in [0.25, 0.3) is 0 Å². The van der Waals surface area contributed by atoms with E-state index < -0.39 is 18.2 Å². The Morgan fingerprint density at radius 2 is 1.80 bits per heavy atom. The summed E-state index contributed by atoms with van der Waals surface area (Å²) in [5.74, 6) is 0.911. The van der Waals surface area contributed by atoms with E-state index in [1.54, 1.807) is 87.2 Å². The van der Waals surface area contributed by atoms with E-state index >= 15 is 0 Å². The Morgan fingerprint density at radius 3 is 2.46 bits per heavy atom. The van der Waals surface area contributed by atoms with Crippen LogP contribution in [0.4, 0.5) is 26.7 Å². The Kier molecular flexibility index (Phi) is 13.5. The number of anilines is 3. The van der Waals surface area contributed by atoms with Crippen LogP contribution in [0.2, 0.25) is 0 Å². The van der Waals surface area contributed by atoms with Gasteiger partial charge in [0.05, 0.1) is 37.5 Å². The molecule has 50 heavy (non-hydrogen) atoms. The summed E-state index contributed by atoms with van der Waals surface area (Å²) in [6, 6.07) is 10.6. The zero-order valence-electron chi connectivity index (χ0n) is 29.9. The molecule has 5 amide bonds. The predicted octanol–water partition coefficient (Wildman–Crippen LogP) is 5.90. The van der Waals surface area contributed by atoms with Gasteiger partial charge in [-0.2, -0.15) is 0 Å². The number of urea groups is 2. The van der Waals surface area contributed by atoms with Crippen molar-refractivity contribution in [2.45, 2.75) is 72.1 Å². The minimum atomic E-state index is -0.556. The topological polar surface area (TPSA) is 168 Å². The van der Waals surface area contributed by atoms with E-state index in [-0.39, 0.29) is 49.2 Å². The van der Waals surface area contributed by atoms with Gasteiger partial charge in [-0.3, -0.25) is 4.79 Å². The molecule has 0 saturated carbocycles. The molecule has 1 aromatic heterocycles. The third-order valence-electron chi connectivity index (χ3n) is 8.72. The molecular formula is C36H50N6O8. The van der Waals surface area contributed by atoms with Crippen LogP contribution in [0.15, 0.2) is 47.0 Å². The molecule has 0 fully saturated rings. The minimum Gasteiger partial charge on any atom is -0.497 e. The summed E-state index contributed by atoms with van der Waals surface area (Å²) in [5, 5.41) is 22.5. The highest BCUT2D eigenvalue weighted by molar-refractivity contribution is 6.03. The number of fused-ring (bicyclic) bond motifs is 1. The van der Waals surface area contributed by atoms with Crippen LogP contribution in [0.3, 0.4) is 0 Å². The number of hydrogen-bond acceptors (Lipinski definition) is 9. The largest absolute Gasteiger partial charge is 0.497 e. The molecule has 3 aromatic rings. The summed E-state index contributed by atoms with van der Waals surface area (Å²) < 4.78 is 23.0. The molecule has 0 saturated heterocycles. The third kappa shape index (κ3) is 10.1. The number of aliphatic hydroxyl groups excluding tert-OH is 1. The zero-order valence-corrected chi connectivity index (χ0v) is 29.9. The Bertz CT molecular complexity index is 1580. The van der Waals surface area contributed by atoms with E-state index in [1.807, 2.05) is 13.8 Å². The van der Waals surface area contributed by atoms with Crippen molar-refractivity contribution >= 4 is 35.0 Å². The van der Waals surface area contributed by atoms with E-state index in [1.165, 1.54) is 0 Å². The lowest BCUT2D eigenvalue weighted by molar-refractivity contribution is -0.0115. The maximum atomic E-state index is 14.4. The molecule has 14 heteroatoms. The van der Waals surface area contributed by atoms with E-state index in [0.29, 0.717) is 46.6 Å². The van der Waals surface area contributed by atoms with Gasteiger partial charge < -0.3 is 49.6 Å². The van der Waals surface area contributed by atoms with Gasteiger partial charge in [0, 0.05) is 44.0 Å². The van der Waals surface area contributed by atoms with Crippen LogP contribution in [-0.2, 0) is 4.74 Å². The number of aromatic nitrogens is 1. The molecule has 1 aliphatic rings. The number of carbonyl (C=O) groups excluding carboxylic acids is 3. The summed E-state index contributed by atoms with van der Waals surface area (Å²) >= 11 is 0. The number of aryl methyl sites for hydroxylation is 2.